The predicted molar refractivity (Wildman–Crippen MR) is 47.7 cm³/mol. The molecule has 1 radical (unpaired) electrons. The van der Waals surface area contributed by atoms with Crippen molar-refractivity contribution < 1.29 is 4.74 Å². The second-order valence-corrected chi connectivity index (χ2v) is 3.27. The topological polar surface area (TPSA) is 9.23 Å². The minimum absolute atomic E-state index is 0.536. The number of benzene rings is 1. The lowest BCUT2D eigenvalue weighted by Crippen LogP contribution is -2.21. The van der Waals surface area contributed by atoms with Crippen molar-refractivity contribution in [3.63, 3.8) is 0 Å². The molecule has 0 unspecified atom stereocenters. The van der Waals surface area contributed by atoms with Gasteiger partial charge in [0.15, 0.2) is 0 Å². The highest BCUT2D eigenvalue weighted by Gasteiger charge is 2.17. The second-order valence-electron chi connectivity index (χ2n) is 3.27. The van der Waals surface area contributed by atoms with E-state index < -0.39 is 0 Å². The Bertz CT molecular complexity index is 226. The van der Waals surface area contributed by atoms with E-state index in [0.717, 1.165) is 6.61 Å². The summed E-state index contributed by atoms with van der Waals surface area (Å²) in [6.07, 6.45) is 4.37. The third kappa shape index (κ3) is 1.86. The van der Waals surface area contributed by atoms with Gasteiger partial charge in [0.1, 0.15) is 0 Å². The van der Waals surface area contributed by atoms with Gasteiger partial charge < -0.3 is 4.74 Å². The molecule has 1 aliphatic carbocycles. The van der Waals surface area contributed by atoms with E-state index in [1.807, 2.05) is 12.1 Å². The molecule has 2 rings (SSSR count). The van der Waals surface area contributed by atoms with Gasteiger partial charge in [0.25, 0.3) is 0 Å². The Hall–Kier alpha value is -0.820. The zero-order valence-electron chi connectivity index (χ0n) is 7.12. The van der Waals surface area contributed by atoms with Crippen molar-refractivity contribution in [2.75, 3.05) is 0 Å². The molecule has 1 fully saturated rings. The molecule has 1 nitrogen and oxygen atoms in total. The summed E-state index contributed by atoms with van der Waals surface area (Å²) >= 11 is 0. The molecule has 0 amide bonds. The molecule has 0 aromatic heterocycles. The Morgan fingerprint density at radius 1 is 1.33 bits per heavy atom. The largest absolute Gasteiger partial charge is 0.374 e. The molecule has 0 saturated heterocycles. The molecule has 12 heavy (non-hydrogen) atoms. The van der Waals surface area contributed by atoms with Crippen molar-refractivity contribution in [1.82, 2.24) is 0 Å². The van der Waals surface area contributed by atoms with E-state index >= 15 is 0 Å². The van der Waals surface area contributed by atoms with Crippen molar-refractivity contribution in [3.8, 4) is 0 Å². The highest BCUT2D eigenvalue weighted by molar-refractivity contribution is 5.12. The van der Waals surface area contributed by atoms with Gasteiger partial charge in [-0.3, -0.25) is 0 Å². The van der Waals surface area contributed by atoms with E-state index in [-0.39, 0.29) is 0 Å². The molecule has 0 heterocycles. The Morgan fingerprint density at radius 3 is 2.67 bits per heavy atom. The smallest absolute Gasteiger partial charge is 0.0720 e. The van der Waals surface area contributed by atoms with Gasteiger partial charge in [-0.25, -0.2) is 0 Å². The molecule has 63 valence electrons. The first-order valence-electron chi connectivity index (χ1n) is 4.52. The summed E-state index contributed by atoms with van der Waals surface area (Å²) in [6.45, 7) is 0.763. The molecular weight excluding hydrogens is 148 g/mol. The second kappa shape index (κ2) is 3.72. The molecule has 1 aliphatic rings. The zero-order valence-corrected chi connectivity index (χ0v) is 7.12. The SMILES string of the molecule is [c]1ccc(COC2CCC2)cc1. The highest BCUT2D eigenvalue weighted by atomic mass is 16.5. The summed E-state index contributed by atoms with van der Waals surface area (Å²) in [5.74, 6) is 0. The third-order valence-corrected chi connectivity index (χ3v) is 2.33. The van der Waals surface area contributed by atoms with Crippen molar-refractivity contribution in [2.45, 2.75) is 32.0 Å². The van der Waals surface area contributed by atoms with Crippen LogP contribution in [0.15, 0.2) is 24.3 Å². The van der Waals surface area contributed by atoms with E-state index in [2.05, 4.69) is 18.2 Å². The maximum Gasteiger partial charge on any atom is 0.0720 e. The van der Waals surface area contributed by atoms with Crippen LogP contribution in [0.5, 0.6) is 0 Å². The fourth-order valence-corrected chi connectivity index (χ4v) is 1.27. The molecule has 0 bridgehead atoms. The standard InChI is InChI=1S/C11H13O/c1-2-5-10(6-3-1)9-12-11-7-4-8-11/h2-3,5-6,11H,4,7-9H2. The normalized spacial score (nSPS) is 17.3. The molecule has 1 aromatic rings. The van der Waals surface area contributed by atoms with Crippen LogP contribution in [-0.2, 0) is 11.3 Å². The molecule has 0 aliphatic heterocycles. The van der Waals surface area contributed by atoms with E-state index in [1.165, 1.54) is 24.8 Å². The lowest BCUT2D eigenvalue weighted by Gasteiger charge is -2.25. The first-order valence-corrected chi connectivity index (χ1v) is 4.52. The van der Waals surface area contributed by atoms with E-state index in [9.17, 15) is 0 Å². The van der Waals surface area contributed by atoms with Crippen LogP contribution < -0.4 is 0 Å². The van der Waals surface area contributed by atoms with Crippen LogP contribution in [0.25, 0.3) is 0 Å². The molecule has 1 saturated carbocycles. The molecular formula is C11H13O. The average molecular weight is 161 g/mol. The van der Waals surface area contributed by atoms with Gasteiger partial charge in [-0.1, -0.05) is 24.3 Å². The number of ether oxygens (including phenoxy) is 1. The number of hydrogen-bond donors (Lipinski definition) is 0. The van der Waals surface area contributed by atoms with Crippen LogP contribution in [0.3, 0.4) is 0 Å². The Balaban J connectivity index is 1.79. The van der Waals surface area contributed by atoms with E-state index in [4.69, 9.17) is 4.74 Å². The fraction of sp³-hybridized carbons (Fsp3) is 0.455. The monoisotopic (exact) mass is 161 g/mol. The van der Waals surface area contributed by atoms with Gasteiger partial charge in [0.2, 0.25) is 0 Å². The minimum Gasteiger partial charge on any atom is -0.374 e. The van der Waals surface area contributed by atoms with Crippen LogP contribution in [0.2, 0.25) is 0 Å². The molecule has 0 spiro atoms. The molecule has 0 N–H and O–H groups in total. The lowest BCUT2D eigenvalue weighted by molar-refractivity contribution is -0.00866. The first-order chi connectivity index (χ1) is 5.95. The fourth-order valence-electron chi connectivity index (χ4n) is 1.27. The number of rotatable bonds is 3. The van der Waals surface area contributed by atoms with Crippen LogP contribution in [-0.4, -0.2) is 6.10 Å². The first kappa shape index (κ1) is 7.81. The van der Waals surface area contributed by atoms with Gasteiger partial charge in [0, 0.05) is 0 Å². The van der Waals surface area contributed by atoms with Gasteiger partial charge in [0.05, 0.1) is 12.7 Å². The van der Waals surface area contributed by atoms with Crippen molar-refractivity contribution in [1.29, 1.82) is 0 Å². The third-order valence-electron chi connectivity index (χ3n) is 2.33. The van der Waals surface area contributed by atoms with Gasteiger partial charge >= 0.3 is 0 Å². The summed E-state index contributed by atoms with van der Waals surface area (Å²) < 4.78 is 5.65. The zero-order chi connectivity index (χ0) is 8.23. The van der Waals surface area contributed by atoms with Gasteiger partial charge in [-0.15, -0.1) is 0 Å². The highest BCUT2D eigenvalue weighted by Crippen LogP contribution is 2.22. The minimum atomic E-state index is 0.536. The molecule has 0 atom stereocenters. The number of hydrogen-bond acceptors (Lipinski definition) is 1. The van der Waals surface area contributed by atoms with Crippen molar-refractivity contribution >= 4 is 0 Å². The van der Waals surface area contributed by atoms with Crippen LogP contribution in [0.4, 0.5) is 0 Å². The maximum atomic E-state index is 5.65. The predicted octanol–water partition coefficient (Wildman–Crippen LogP) is 2.56. The summed E-state index contributed by atoms with van der Waals surface area (Å²) in [6, 6.07) is 11.0. The molecule has 1 heteroatoms. The van der Waals surface area contributed by atoms with Crippen LogP contribution >= 0.6 is 0 Å². The van der Waals surface area contributed by atoms with Crippen LogP contribution in [0.1, 0.15) is 24.8 Å². The van der Waals surface area contributed by atoms with E-state index in [0.29, 0.717) is 6.10 Å². The summed E-state index contributed by atoms with van der Waals surface area (Å²) in [5, 5.41) is 0. The van der Waals surface area contributed by atoms with Crippen LogP contribution in [0, 0.1) is 6.07 Å². The Morgan fingerprint density at radius 2 is 2.08 bits per heavy atom. The molecule has 1 aromatic carbocycles. The van der Waals surface area contributed by atoms with Crippen molar-refractivity contribution in [2.24, 2.45) is 0 Å². The van der Waals surface area contributed by atoms with Gasteiger partial charge in [-0.2, -0.15) is 0 Å². The Labute approximate surface area is 73.4 Å². The quantitative estimate of drug-likeness (QED) is 0.662. The maximum absolute atomic E-state index is 5.65. The Kier molecular flexibility index (Phi) is 2.42. The average Bonchev–Trinajstić information content (AvgIpc) is 2.04. The summed E-state index contributed by atoms with van der Waals surface area (Å²) in [7, 11) is 0. The lowest BCUT2D eigenvalue weighted by atomic mass is 9.96. The van der Waals surface area contributed by atoms with Gasteiger partial charge in [-0.05, 0) is 30.9 Å². The summed E-state index contributed by atoms with van der Waals surface area (Å²) in [4.78, 5) is 0. The van der Waals surface area contributed by atoms with Crippen molar-refractivity contribution in [3.05, 3.63) is 35.9 Å². The van der Waals surface area contributed by atoms with E-state index in [1.54, 1.807) is 0 Å². The summed E-state index contributed by atoms with van der Waals surface area (Å²) in [5.41, 5.74) is 1.25.